The van der Waals surface area contributed by atoms with E-state index < -0.39 is 0 Å². The minimum atomic E-state index is 0.118. The zero-order valence-corrected chi connectivity index (χ0v) is 9.51. The summed E-state index contributed by atoms with van der Waals surface area (Å²) in [5, 5.41) is 10.1. The van der Waals surface area contributed by atoms with Crippen molar-refractivity contribution >= 4 is 43.2 Å². The Labute approximate surface area is 99.9 Å². The molecule has 3 rings (SSSR count). The Hall–Kier alpha value is -1.70. The molecule has 3 aromatic rings. The molecule has 0 radical (unpaired) electrons. The van der Waals surface area contributed by atoms with Crippen molar-refractivity contribution in [2.24, 2.45) is 0 Å². The number of halogens is 1. The first-order valence-corrected chi connectivity index (χ1v) is 5.74. The van der Waals surface area contributed by atoms with Crippen LogP contribution >= 0.6 is 22.9 Å². The largest absolute Gasteiger partial charge is 0.224 e. The predicted molar refractivity (Wildman–Crippen MR) is 64.6 cm³/mol. The summed E-state index contributed by atoms with van der Waals surface area (Å²) in [5.74, 6) is 0. The summed E-state index contributed by atoms with van der Waals surface area (Å²) in [6.07, 6.45) is 0. The van der Waals surface area contributed by atoms with Gasteiger partial charge < -0.3 is 0 Å². The predicted octanol–water partition coefficient (Wildman–Crippen LogP) is 3.37. The van der Waals surface area contributed by atoms with Gasteiger partial charge in [0.15, 0.2) is 5.69 Å². The normalized spacial score (nSPS) is 10.8. The Bertz CT molecular complexity index is 742. The molecule has 0 saturated carbocycles. The van der Waals surface area contributed by atoms with Gasteiger partial charge in [0.2, 0.25) is 5.28 Å². The minimum Gasteiger partial charge on any atom is -0.216 e. The van der Waals surface area contributed by atoms with Crippen molar-refractivity contribution in [1.82, 2.24) is 9.97 Å². The van der Waals surface area contributed by atoms with Gasteiger partial charge in [-0.15, -0.1) is 11.3 Å². The van der Waals surface area contributed by atoms with Crippen LogP contribution in [0.1, 0.15) is 5.69 Å². The van der Waals surface area contributed by atoms with Crippen molar-refractivity contribution in [2.45, 2.75) is 0 Å². The molecule has 0 aliphatic rings. The topological polar surface area (TPSA) is 49.6 Å². The summed E-state index contributed by atoms with van der Waals surface area (Å²) in [7, 11) is 0. The fourth-order valence-electron chi connectivity index (χ4n) is 1.64. The molecule has 0 N–H and O–H groups in total. The van der Waals surface area contributed by atoms with E-state index in [1.807, 2.05) is 30.3 Å². The van der Waals surface area contributed by atoms with Crippen molar-refractivity contribution < 1.29 is 0 Å². The molecule has 0 saturated heterocycles. The van der Waals surface area contributed by atoms with E-state index in [9.17, 15) is 0 Å². The van der Waals surface area contributed by atoms with Gasteiger partial charge in [0.25, 0.3) is 0 Å². The molecule has 0 fully saturated rings. The Morgan fingerprint density at radius 3 is 2.88 bits per heavy atom. The first-order chi connectivity index (χ1) is 7.79. The molecule has 0 amide bonds. The van der Waals surface area contributed by atoms with E-state index in [0.717, 1.165) is 20.3 Å². The SMILES string of the molecule is N#Cc1nc(Cl)nc2c1sc1ccccc12. The van der Waals surface area contributed by atoms with Crippen LogP contribution in [0.5, 0.6) is 0 Å². The van der Waals surface area contributed by atoms with Crippen LogP contribution in [-0.2, 0) is 0 Å². The third-order valence-electron chi connectivity index (χ3n) is 2.30. The van der Waals surface area contributed by atoms with Gasteiger partial charge in [-0.05, 0) is 17.7 Å². The van der Waals surface area contributed by atoms with Crippen LogP contribution < -0.4 is 0 Å². The standard InChI is InChI=1S/C11H4ClN3S/c12-11-14-7(5-13)10-9(15-11)6-3-1-2-4-8(6)16-10/h1-4H. The number of hydrogen-bond acceptors (Lipinski definition) is 4. The highest BCUT2D eigenvalue weighted by molar-refractivity contribution is 7.26. The number of aromatic nitrogens is 2. The van der Waals surface area contributed by atoms with Crippen LogP contribution in [0.4, 0.5) is 0 Å². The fraction of sp³-hybridized carbons (Fsp3) is 0. The van der Waals surface area contributed by atoms with Gasteiger partial charge in [-0.25, -0.2) is 9.97 Å². The van der Waals surface area contributed by atoms with E-state index >= 15 is 0 Å². The number of nitriles is 1. The van der Waals surface area contributed by atoms with E-state index in [1.54, 1.807) is 0 Å². The van der Waals surface area contributed by atoms with Crippen molar-refractivity contribution in [2.75, 3.05) is 0 Å². The van der Waals surface area contributed by atoms with Crippen molar-refractivity contribution in [1.29, 1.82) is 5.26 Å². The lowest BCUT2D eigenvalue weighted by atomic mass is 10.2. The van der Waals surface area contributed by atoms with Crippen LogP contribution in [0, 0.1) is 11.3 Å². The summed E-state index contributed by atoms with van der Waals surface area (Å²) in [4.78, 5) is 8.10. The van der Waals surface area contributed by atoms with Gasteiger partial charge in [0.05, 0.1) is 10.2 Å². The van der Waals surface area contributed by atoms with Crippen LogP contribution in [0.25, 0.3) is 20.3 Å². The highest BCUT2D eigenvalue weighted by atomic mass is 35.5. The Morgan fingerprint density at radius 2 is 2.06 bits per heavy atom. The van der Waals surface area contributed by atoms with Gasteiger partial charge >= 0.3 is 0 Å². The number of hydrogen-bond donors (Lipinski definition) is 0. The number of thiophene rings is 1. The summed E-state index contributed by atoms with van der Waals surface area (Å²) >= 11 is 7.31. The van der Waals surface area contributed by atoms with Crippen LogP contribution in [0.15, 0.2) is 24.3 Å². The maximum absolute atomic E-state index is 8.99. The monoisotopic (exact) mass is 245 g/mol. The van der Waals surface area contributed by atoms with Crippen molar-refractivity contribution in [3.8, 4) is 6.07 Å². The van der Waals surface area contributed by atoms with Crippen LogP contribution in [0.2, 0.25) is 5.28 Å². The molecule has 0 bridgehead atoms. The lowest BCUT2D eigenvalue weighted by Crippen LogP contribution is -1.87. The number of benzene rings is 1. The molecule has 16 heavy (non-hydrogen) atoms. The quantitative estimate of drug-likeness (QED) is 0.571. The lowest BCUT2D eigenvalue weighted by molar-refractivity contribution is 1.20. The average molecular weight is 246 g/mol. The molecule has 2 aromatic heterocycles. The smallest absolute Gasteiger partial charge is 0.216 e. The minimum absolute atomic E-state index is 0.118. The Balaban J connectivity index is 2.60. The van der Waals surface area contributed by atoms with Crippen molar-refractivity contribution in [3.05, 3.63) is 35.2 Å². The summed E-state index contributed by atoms with van der Waals surface area (Å²) in [6, 6.07) is 9.91. The maximum Gasteiger partial charge on any atom is 0.224 e. The first kappa shape index (κ1) is 9.52. The van der Waals surface area contributed by atoms with Gasteiger partial charge in [-0.1, -0.05) is 18.2 Å². The number of fused-ring (bicyclic) bond motifs is 3. The second kappa shape index (κ2) is 3.41. The molecular formula is C11H4ClN3S. The third kappa shape index (κ3) is 1.26. The molecule has 0 aliphatic heterocycles. The Kier molecular flexibility index (Phi) is 2.03. The average Bonchev–Trinajstić information content (AvgIpc) is 2.67. The van der Waals surface area contributed by atoms with E-state index in [-0.39, 0.29) is 5.28 Å². The molecule has 0 atom stereocenters. The lowest BCUT2D eigenvalue weighted by Gasteiger charge is -1.93. The fourth-order valence-corrected chi connectivity index (χ4v) is 2.89. The van der Waals surface area contributed by atoms with E-state index in [2.05, 4.69) is 9.97 Å². The molecule has 0 aliphatic carbocycles. The summed E-state index contributed by atoms with van der Waals surface area (Å²) in [5.41, 5.74) is 1.10. The summed E-state index contributed by atoms with van der Waals surface area (Å²) < 4.78 is 1.89. The second-order valence-electron chi connectivity index (χ2n) is 3.23. The first-order valence-electron chi connectivity index (χ1n) is 4.54. The summed E-state index contributed by atoms with van der Waals surface area (Å²) in [6.45, 7) is 0. The van der Waals surface area contributed by atoms with Crippen molar-refractivity contribution in [3.63, 3.8) is 0 Å². The highest BCUT2D eigenvalue weighted by Crippen LogP contribution is 2.34. The second-order valence-corrected chi connectivity index (χ2v) is 4.62. The van der Waals surface area contributed by atoms with Gasteiger partial charge in [0, 0.05) is 10.1 Å². The van der Waals surface area contributed by atoms with E-state index in [0.29, 0.717) is 5.69 Å². The molecule has 0 unspecified atom stereocenters. The van der Waals surface area contributed by atoms with E-state index in [4.69, 9.17) is 16.9 Å². The maximum atomic E-state index is 8.99. The highest BCUT2D eigenvalue weighted by Gasteiger charge is 2.12. The third-order valence-corrected chi connectivity index (χ3v) is 3.63. The van der Waals surface area contributed by atoms with Crippen LogP contribution in [-0.4, -0.2) is 9.97 Å². The zero-order valence-electron chi connectivity index (χ0n) is 7.94. The number of rotatable bonds is 0. The number of nitrogens with zero attached hydrogens (tertiary/aromatic N) is 3. The zero-order chi connectivity index (χ0) is 11.1. The molecule has 0 spiro atoms. The molecule has 2 heterocycles. The van der Waals surface area contributed by atoms with E-state index in [1.165, 1.54) is 11.3 Å². The molecule has 76 valence electrons. The van der Waals surface area contributed by atoms with Crippen LogP contribution in [0.3, 0.4) is 0 Å². The Morgan fingerprint density at radius 1 is 1.25 bits per heavy atom. The molecule has 1 aromatic carbocycles. The van der Waals surface area contributed by atoms with Gasteiger partial charge in [0.1, 0.15) is 6.07 Å². The molecule has 5 heteroatoms. The molecule has 3 nitrogen and oxygen atoms in total. The van der Waals surface area contributed by atoms with Gasteiger partial charge in [-0.2, -0.15) is 5.26 Å². The van der Waals surface area contributed by atoms with Gasteiger partial charge in [-0.3, -0.25) is 0 Å². The molecular weight excluding hydrogens is 242 g/mol.